The van der Waals surface area contributed by atoms with Crippen molar-refractivity contribution in [2.45, 2.75) is 0 Å². The molecule has 5 heteroatoms. The van der Waals surface area contributed by atoms with E-state index in [4.69, 9.17) is 0 Å². The third-order valence-corrected chi connectivity index (χ3v) is 3.70. The Bertz CT molecular complexity index is 826. The molecule has 2 nitrogen and oxygen atoms in total. The lowest BCUT2D eigenvalue weighted by Gasteiger charge is -2.03. The fraction of sp³-hybridized carbons (Fsp3) is 0. The van der Waals surface area contributed by atoms with Crippen LogP contribution in [0.1, 0.15) is 15.9 Å². The smallest absolute Gasteiger partial charge is 0.198 e. The lowest BCUT2D eigenvalue weighted by atomic mass is 10.0. The van der Waals surface area contributed by atoms with Crippen LogP contribution < -0.4 is 0 Å². The van der Waals surface area contributed by atoms with E-state index in [0.29, 0.717) is 10.9 Å². The van der Waals surface area contributed by atoms with Gasteiger partial charge < -0.3 is 4.98 Å². The van der Waals surface area contributed by atoms with Crippen molar-refractivity contribution in [3.8, 4) is 0 Å². The summed E-state index contributed by atoms with van der Waals surface area (Å²) in [4.78, 5) is 15.3. The predicted octanol–water partition coefficient (Wildman–Crippen LogP) is 4.44. The van der Waals surface area contributed by atoms with Crippen molar-refractivity contribution < 1.29 is 13.6 Å². The molecular formula is C15H8BrF2NO. The van der Waals surface area contributed by atoms with E-state index in [-0.39, 0.29) is 15.6 Å². The topological polar surface area (TPSA) is 32.9 Å². The van der Waals surface area contributed by atoms with Gasteiger partial charge in [-0.2, -0.15) is 0 Å². The van der Waals surface area contributed by atoms with Gasteiger partial charge in [0.1, 0.15) is 11.6 Å². The van der Waals surface area contributed by atoms with Gasteiger partial charge in [0, 0.05) is 22.7 Å². The fourth-order valence-corrected chi connectivity index (χ4v) is 2.47. The monoisotopic (exact) mass is 335 g/mol. The number of nitrogens with one attached hydrogen (secondary N) is 1. The van der Waals surface area contributed by atoms with Gasteiger partial charge in [-0.15, -0.1) is 0 Å². The Morgan fingerprint density at radius 1 is 1.10 bits per heavy atom. The number of aromatic nitrogens is 1. The molecule has 0 fully saturated rings. The minimum Gasteiger partial charge on any atom is -0.360 e. The van der Waals surface area contributed by atoms with E-state index < -0.39 is 17.4 Å². The Hall–Kier alpha value is -2.01. The molecule has 0 spiro atoms. The van der Waals surface area contributed by atoms with Gasteiger partial charge in [0.2, 0.25) is 0 Å². The fourth-order valence-electron chi connectivity index (χ4n) is 2.10. The molecule has 0 aliphatic carbocycles. The maximum absolute atomic E-state index is 14.0. The number of H-pyrrole nitrogens is 1. The molecule has 0 unspecified atom stereocenters. The standard InChI is InChI=1S/C15H8BrF2NO/c16-12-3-1-2-9(14(12)18)15(20)11-7-19-13-5-4-8(17)6-10(11)13/h1-7,19H. The van der Waals surface area contributed by atoms with Crippen molar-refractivity contribution >= 4 is 32.6 Å². The van der Waals surface area contributed by atoms with E-state index in [2.05, 4.69) is 20.9 Å². The highest BCUT2D eigenvalue weighted by atomic mass is 79.9. The van der Waals surface area contributed by atoms with E-state index in [9.17, 15) is 13.6 Å². The first-order valence-electron chi connectivity index (χ1n) is 5.83. The van der Waals surface area contributed by atoms with Gasteiger partial charge in [-0.05, 0) is 46.3 Å². The predicted molar refractivity (Wildman–Crippen MR) is 75.8 cm³/mol. The quantitative estimate of drug-likeness (QED) is 0.690. The van der Waals surface area contributed by atoms with Gasteiger partial charge in [-0.1, -0.05) is 6.07 Å². The molecule has 0 amide bonds. The van der Waals surface area contributed by atoms with E-state index >= 15 is 0 Å². The maximum Gasteiger partial charge on any atom is 0.198 e. The van der Waals surface area contributed by atoms with Crippen LogP contribution in [-0.4, -0.2) is 10.8 Å². The van der Waals surface area contributed by atoms with Gasteiger partial charge in [0.25, 0.3) is 0 Å². The zero-order valence-electron chi connectivity index (χ0n) is 10.1. The zero-order chi connectivity index (χ0) is 14.3. The second-order valence-corrected chi connectivity index (χ2v) is 5.18. The summed E-state index contributed by atoms with van der Waals surface area (Å²) in [5.41, 5.74) is 0.825. The van der Waals surface area contributed by atoms with Crippen molar-refractivity contribution in [2.24, 2.45) is 0 Å². The molecule has 20 heavy (non-hydrogen) atoms. The number of hydrogen-bond acceptors (Lipinski definition) is 1. The molecule has 1 aromatic heterocycles. The lowest BCUT2D eigenvalue weighted by Crippen LogP contribution is -2.04. The van der Waals surface area contributed by atoms with Crippen LogP contribution in [0.15, 0.2) is 47.1 Å². The Kier molecular flexibility index (Phi) is 3.14. The van der Waals surface area contributed by atoms with Crippen LogP contribution in [0.3, 0.4) is 0 Å². The summed E-state index contributed by atoms with van der Waals surface area (Å²) in [7, 11) is 0. The van der Waals surface area contributed by atoms with Crippen LogP contribution in [0.25, 0.3) is 10.9 Å². The van der Waals surface area contributed by atoms with Crippen molar-refractivity contribution in [1.82, 2.24) is 4.98 Å². The summed E-state index contributed by atoms with van der Waals surface area (Å²) >= 11 is 3.04. The second kappa shape index (κ2) is 4.83. The molecule has 0 bridgehead atoms. The van der Waals surface area contributed by atoms with Crippen molar-refractivity contribution in [1.29, 1.82) is 0 Å². The number of carbonyl (C=O) groups is 1. The summed E-state index contributed by atoms with van der Waals surface area (Å²) in [5, 5.41) is 0.439. The SMILES string of the molecule is O=C(c1cccc(Br)c1F)c1c[nH]c2ccc(F)cc12. The van der Waals surface area contributed by atoms with Crippen molar-refractivity contribution in [3.63, 3.8) is 0 Å². The molecule has 1 N–H and O–H groups in total. The summed E-state index contributed by atoms with van der Waals surface area (Å²) in [6, 6.07) is 8.60. The summed E-state index contributed by atoms with van der Waals surface area (Å²) in [6.45, 7) is 0. The first kappa shape index (κ1) is 13.0. The first-order chi connectivity index (χ1) is 9.58. The third kappa shape index (κ3) is 2.04. The summed E-state index contributed by atoms with van der Waals surface area (Å²) in [5.74, 6) is -1.55. The number of rotatable bonds is 2. The van der Waals surface area contributed by atoms with E-state index in [1.54, 1.807) is 12.1 Å². The molecule has 0 aliphatic heterocycles. The van der Waals surface area contributed by atoms with Gasteiger partial charge >= 0.3 is 0 Å². The van der Waals surface area contributed by atoms with Crippen molar-refractivity contribution in [2.75, 3.05) is 0 Å². The number of carbonyl (C=O) groups excluding carboxylic acids is 1. The molecule has 1 heterocycles. The van der Waals surface area contributed by atoms with E-state index in [0.717, 1.165) is 0 Å². The van der Waals surface area contributed by atoms with Crippen molar-refractivity contribution in [3.05, 3.63) is 69.8 Å². The van der Waals surface area contributed by atoms with Crippen LogP contribution in [-0.2, 0) is 0 Å². The average molecular weight is 336 g/mol. The normalized spacial score (nSPS) is 10.9. The molecule has 3 aromatic rings. The molecule has 100 valence electrons. The zero-order valence-corrected chi connectivity index (χ0v) is 11.7. The number of aromatic amines is 1. The second-order valence-electron chi connectivity index (χ2n) is 4.32. The van der Waals surface area contributed by atoms with Crippen LogP contribution in [0.2, 0.25) is 0 Å². The van der Waals surface area contributed by atoms with Gasteiger partial charge in [-0.3, -0.25) is 4.79 Å². The largest absolute Gasteiger partial charge is 0.360 e. The molecule has 0 radical (unpaired) electrons. The third-order valence-electron chi connectivity index (χ3n) is 3.08. The minimum atomic E-state index is -0.622. The van der Waals surface area contributed by atoms with E-state index in [1.807, 2.05) is 0 Å². The summed E-state index contributed by atoms with van der Waals surface area (Å²) < 4.78 is 27.5. The number of hydrogen-bond donors (Lipinski definition) is 1. The molecular weight excluding hydrogens is 328 g/mol. The Balaban J connectivity index is 2.18. The number of ketones is 1. The molecule has 0 atom stereocenters. The van der Waals surface area contributed by atoms with Gasteiger partial charge in [0.05, 0.1) is 10.0 Å². The number of halogens is 3. The van der Waals surface area contributed by atoms with Crippen LogP contribution >= 0.6 is 15.9 Å². The van der Waals surface area contributed by atoms with Crippen LogP contribution in [0.4, 0.5) is 8.78 Å². The van der Waals surface area contributed by atoms with Crippen LogP contribution in [0.5, 0.6) is 0 Å². The molecule has 3 rings (SSSR count). The highest BCUT2D eigenvalue weighted by Gasteiger charge is 2.19. The summed E-state index contributed by atoms with van der Waals surface area (Å²) in [6.07, 6.45) is 1.47. The lowest BCUT2D eigenvalue weighted by molar-refractivity contribution is 0.103. The van der Waals surface area contributed by atoms with Gasteiger partial charge in [0.15, 0.2) is 5.78 Å². The Morgan fingerprint density at radius 3 is 2.70 bits per heavy atom. The maximum atomic E-state index is 14.0. The minimum absolute atomic E-state index is 0.0514. The Labute approximate surface area is 121 Å². The highest BCUT2D eigenvalue weighted by Crippen LogP contribution is 2.25. The first-order valence-corrected chi connectivity index (χ1v) is 6.62. The van der Waals surface area contributed by atoms with Gasteiger partial charge in [-0.25, -0.2) is 8.78 Å². The number of benzene rings is 2. The van der Waals surface area contributed by atoms with Crippen LogP contribution in [0, 0.1) is 11.6 Å². The molecule has 0 aliphatic rings. The Morgan fingerprint density at radius 2 is 1.90 bits per heavy atom. The average Bonchev–Trinajstić information content (AvgIpc) is 2.84. The molecule has 0 saturated carbocycles. The highest BCUT2D eigenvalue weighted by molar-refractivity contribution is 9.10. The number of fused-ring (bicyclic) bond motifs is 1. The molecule has 2 aromatic carbocycles. The molecule has 0 saturated heterocycles. The van der Waals surface area contributed by atoms with E-state index in [1.165, 1.54) is 30.5 Å².